The van der Waals surface area contributed by atoms with E-state index < -0.39 is 0 Å². The van der Waals surface area contributed by atoms with Crippen LogP contribution in [0.5, 0.6) is 0 Å². The van der Waals surface area contributed by atoms with Gasteiger partial charge in [0.05, 0.1) is 0 Å². The van der Waals surface area contributed by atoms with Gasteiger partial charge in [-0.25, -0.2) is 0 Å². The van der Waals surface area contributed by atoms with Crippen LogP contribution in [0.3, 0.4) is 0 Å². The Hall–Kier alpha value is -1.78. The zero-order valence-electron chi connectivity index (χ0n) is 8.41. The molecule has 1 aliphatic rings. The molecule has 0 saturated heterocycles. The molecule has 0 saturated carbocycles. The number of hydrogen-bond acceptors (Lipinski definition) is 1. The number of nitrogens with two attached hydrogens (primary N) is 2. The van der Waals surface area contributed by atoms with Crippen molar-refractivity contribution in [3.05, 3.63) is 23.4 Å². The molecule has 0 aromatic carbocycles. The van der Waals surface area contributed by atoms with E-state index in [9.17, 15) is 0 Å². The standard InChI is InChI=1S/C9H15N5/c1-6-4-3-5-7(6)14(2)9(12)13-8(10)11/h4-5H,3H2,1-2H3,(H5,10,11,12,13). The first-order valence-electron chi connectivity index (χ1n) is 4.31. The summed E-state index contributed by atoms with van der Waals surface area (Å²) in [5.41, 5.74) is 12.5. The van der Waals surface area contributed by atoms with Crippen LogP contribution in [0.1, 0.15) is 13.3 Å². The van der Waals surface area contributed by atoms with Crippen molar-refractivity contribution in [1.82, 2.24) is 4.90 Å². The Morgan fingerprint density at radius 1 is 1.50 bits per heavy atom. The lowest BCUT2D eigenvalue weighted by Crippen LogP contribution is -2.30. The van der Waals surface area contributed by atoms with Gasteiger partial charge < -0.3 is 16.4 Å². The molecule has 5 heteroatoms. The van der Waals surface area contributed by atoms with E-state index >= 15 is 0 Å². The third-order valence-corrected chi connectivity index (χ3v) is 2.05. The molecule has 0 atom stereocenters. The zero-order chi connectivity index (χ0) is 10.7. The van der Waals surface area contributed by atoms with E-state index in [1.54, 1.807) is 11.9 Å². The Morgan fingerprint density at radius 2 is 2.14 bits per heavy atom. The van der Waals surface area contributed by atoms with Crippen LogP contribution in [0.15, 0.2) is 28.4 Å². The largest absolute Gasteiger partial charge is 0.370 e. The average Bonchev–Trinajstić information content (AvgIpc) is 2.48. The average molecular weight is 193 g/mol. The van der Waals surface area contributed by atoms with Gasteiger partial charge in [-0.3, -0.25) is 5.41 Å². The van der Waals surface area contributed by atoms with E-state index in [4.69, 9.17) is 16.9 Å². The van der Waals surface area contributed by atoms with Gasteiger partial charge in [0.1, 0.15) is 0 Å². The van der Waals surface area contributed by atoms with Gasteiger partial charge in [0.2, 0.25) is 5.96 Å². The molecule has 76 valence electrons. The zero-order valence-corrected chi connectivity index (χ0v) is 8.41. The van der Waals surface area contributed by atoms with Crippen molar-refractivity contribution in [2.45, 2.75) is 13.3 Å². The highest BCUT2D eigenvalue weighted by atomic mass is 15.3. The number of aliphatic imine (C=N–C) groups is 1. The Bertz CT molecular complexity index is 333. The summed E-state index contributed by atoms with van der Waals surface area (Å²) >= 11 is 0. The number of nitrogens with zero attached hydrogens (tertiary/aromatic N) is 2. The number of guanidine groups is 2. The number of likely N-dealkylation sites (N-methyl/N-ethyl adjacent to an activating group) is 1. The maximum atomic E-state index is 7.59. The van der Waals surface area contributed by atoms with Crippen LogP contribution in [0.25, 0.3) is 0 Å². The fourth-order valence-electron chi connectivity index (χ4n) is 1.33. The SMILES string of the molecule is CC1=CCC=C1N(C)C(=N)N=C(N)N. The highest BCUT2D eigenvalue weighted by molar-refractivity contribution is 5.92. The number of rotatable bonds is 1. The summed E-state index contributed by atoms with van der Waals surface area (Å²) in [6.07, 6.45) is 5.03. The van der Waals surface area contributed by atoms with Crippen LogP contribution in [0.2, 0.25) is 0 Å². The molecule has 1 rings (SSSR count). The molecule has 5 nitrogen and oxygen atoms in total. The fraction of sp³-hybridized carbons (Fsp3) is 0.333. The van der Waals surface area contributed by atoms with Crippen molar-refractivity contribution in [3.8, 4) is 0 Å². The first-order chi connectivity index (χ1) is 6.52. The van der Waals surface area contributed by atoms with E-state index in [0.717, 1.165) is 17.7 Å². The molecule has 14 heavy (non-hydrogen) atoms. The van der Waals surface area contributed by atoms with Gasteiger partial charge in [0.15, 0.2) is 5.96 Å². The quantitative estimate of drug-likeness (QED) is 0.414. The second-order valence-corrected chi connectivity index (χ2v) is 3.13. The topological polar surface area (TPSA) is 91.5 Å². The summed E-state index contributed by atoms with van der Waals surface area (Å²) in [6, 6.07) is 0. The van der Waals surface area contributed by atoms with Gasteiger partial charge in [0.25, 0.3) is 0 Å². The van der Waals surface area contributed by atoms with E-state index in [1.165, 1.54) is 0 Å². The lowest BCUT2D eigenvalue weighted by molar-refractivity contribution is 0.625. The summed E-state index contributed by atoms with van der Waals surface area (Å²) in [5.74, 6) is -0.0482. The van der Waals surface area contributed by atoms with E-state index in [1.807, 2.05) is 13.0 Å². The van der Waals surface area contributed by atoms with Crippen LogP contribution in [0.4, 0.5) is 0 Å². The molecule has 1 aliphatic carbocycles. The number of hydrogen-bond donors (Lipinski definition) is 3. The minimum absolute atomic E-state index is 0.0471. The molecule has 0 bridgehead atoms. The smallest absolute Gasteiger partial charge is 0.225 e. The fourth-order valence-corrected chi connectivity index (χ4v) is 1.33. The third-order valence-electron chi connectivity index (χ3n) is 2.05. The summed E-state index contributed by atoms with van der Waals surface area (Å²) in [5, 5.41) is 7.59. The van der Waals surface area contributed by atoms with Gasteiger partial charge in [0, 0.05) is 12.7 Å². The highest BCUT2D eigenvalue weighted by Gasteiger charge is 2.13. The lowest BCUT2D eigenvalue weighted by Gasteiger charge is -2.19. The second-order valence-electron chi connectivity index (χ2n) is 3.13. The van der Waals surface area contributed by atoms with E-state index in [0.29, 0.717) is 0 Å². The van der Waals surface area contributed by atoms with E-state index in [2.05, 4.69) is 11.1 Å². The maximum absolute atomic E-state index is 7.59. The van der Waals surface area contributed by atoms with Gasteiger partial charge in [-0.05, 0) is 18.9 Å². The van der Waals surface area contributed by atoms with Crippen molar-refractivity contribution >= 4 is 11.9 Å². The summed E-state index contributed by atoms with van der Waals surface area (Å²) in [6.45, 7) is 2.00. The molecule has 0 unspecified atom stereocenters. The Kier molecular flexibility index (Phi) is 2.91. The molecular weight excluding hydrogens is 178 g/mol. The van der Waals surface area contributed by atoms with Crippen LogP contribution in [-0.2, 0) is 0 Å². The summed E-state index contributed by atoms with van der Waals surface area (Å²) in [7, 11) is 1.77. The van der Waals surface area contributed by atoms with Gasteiger partial charge >= 0.3 is 0 Å². The molecule has 0 spiro atoms. The molecular formula is C9H15N5. The van der Waals surface area contributed by atoms with Crippen LogP contribution < -0.4 is 11.5 Å². The number of nitrogens with one attached hydrogen (secondary N) is 1. The molecule has 0 heterocycles. The van der Waals surface area contributed by atoms with Crippen LogP contribution >= 0.6 is 0 Å². The third kappa shape index (κ3) is 2.12. The summed E-state index contributed by atoms with van der Waals surface area (Å²) in [4.78, 5) is 5.32. The molecule has 0 amide bonds. The molecule has 5 N–H and O–H groups in total. The van der Waals surface area contributed by atoms with Crippen molar-refractivity contribution in [2.75, 3.05) is 7.05 Å². The van der Waals surface area contributed by atoms with Gasteiger partial charge in [-0.15, -0.1) is 0 Å². The Labute approximate surface area is 83.3 Å². The molecule has 0 aliphatic heterocycles. The minimum Gasteiger partial charge on any atom is -0.370 e. The molecule has 0 radical (unpaired) electrons. The highest BCUT2D eigenvalue weighted by Crippen LogP contribution is 2.21. The van der Waals surface area contributed by atoms with Crippen molar-refractivity contribution < 1.29 is 0 Å². The second kappa shape index (κ2) is 3.95. The van der Waals surface area contributed by atoms with Gasteiger partial charge in [-0.2, -0.15) is 4.99 Å². The molecule has 0 aromatic heterocycles. The first-order valence-corrected chi connectivity index (χ1v) is 4.31. The Balaban J connectivity index is 2.76. The van der Waals surface area contributed by atoms with Crippen molar-refractivity contribution in [2.24, 2.45) is 16.5 Å². The number of allylic oxidation sites excluding steroid dienone is 3. The van der Waals surface area contributed by atoms with Crippen molar-refractivity contribution in [1.29, 1.82) is 5.41 Å². The van der Waals surface area contributed by atoms with Crippen LogP contribution in [-0.4, -0.2) is 23.9 Å². The van der Waals surface area contributed by atoms with Crippen LogP contribution in [0, 0.1) is 5.41 Å². The summed E-state index contributed by atoms with van der Waals surface area (Å²) < 4.78 is 0. The van der Waals surface area contributed by atoms with Gasteiger partial charge in [-0.1, -0.05) is 12.2 Å². The van der Waals surface area contributed by atoms with E-state index in [-0.39, 0.29) is 11.9 Å². The maximum Gasteiger partial charge on any atom is 0.225 e. The lowest BCUT2D eigenvalue weighted by atomic mass is 10.2. The predicted octanol–water partition coefficient (Wildman–Crippen LogP) is 0.360. The minimum atomic E-state index is -0.0953. The van der Waals surface area contributed by atoms with Crippen molar-refractivity contribution in [3.63, 3.8) is 0 Å². The normalized spacial score (nSPS) is 14.4. The Morgan fingerprint density at radius 3 is 2.57 bits per heavy atom. The first kappa shape index (κ1) is 10.3. The predicted molar refractivity (Wildman–Crippen MR) is 57.8 cm³/mol. The molecule has 0 fully saturated rings. The monoisotopic (exact) mass is 193 g/mol. The molecule has 0 aromatic rings.